The van der Waals surface area contributed by atoms with E-state index >= 15 is 0 Å². The molecule has 0 bridgehead atoms. The van der Waals surface area contributed by atoms with Crippen LogP contribution in [0.1, 0.15) is 48.2 Å². The molecule has 0 saturated heterocycles. The summed E-state index contributed by atoms with van der Waals surface area (Å²) in [6, 6.07) is 32.4. The first-order chi connectivity index (χ1) is 18.2. The maximum Gasteiger partial charge on any atom is 0.0590 e. The maximum absolute atomic E-state index is 4.60. The Labute approximate surface area is 220 Å². The van der Waals surface area contributed by atoms with Crippen molar-refractivity contribution in [2.75, 3.05) is 11.9 Å². The molecule has 1 atom stereocenters. The van der Waals surface area contributed by atoms with Crippen LogP contribution in [0.2, 0.25) is 0 Å². The molecule has 0 aliphatic heterocycles. The number of aromatic nitrogens is 2. The number of hydrogen-bond donors (Lipinski definition) is 3. The molecule has 5 rings (SSSR count). The van der Waals surface area contributed by atoms with Crippen molar-refractivity contribution in [2.45, 2.75) is 45.1 Å². The van der Waals surface area contributed by atoms with E-state index in [4.69, 9.17) is 0 Å². The molecule has 2 heterocycles. The molecule has 3 aromatic carbocycles. The van der Waals surface area contributed by atoms with E-state index in [9.17, 15) is 0 Å². The first kappa shape index (κ1) is 24.8. The largest absolute Gasteiger partial charge is 0.361 e. The standard InChI is InChI=1S/C33H36N4/c1-25(34-21-8-12-26-9-3-2-4-10-26)33-23-30(20-22-35-33)37-29-18-16-27(17-19-29)11-7-13-28-24-36-32-15-6-5-14-31(28)32/h2-6,9-10,14-20,22-25,34,36H,7-8,11-13,21H2,1H3,(H,35,37). The second-order valence-corrected chi connectivity index (χ2v) is 9.77. The van der Waals surface area contributed by atoms with Crippen LogP contribution < -0.4 is 10.6 Å². The van der Waals surface area contributed by atoms with Gasteiger partial charge < -0.3 is 15.6 Å². The highest BCUT2D eigenvalue weighted by atomic mass is 14.9. The van der Waals surface area contributed by atoms with Gasteiger partial charge in [0.15, 0.2) is 0 Å². The van der Waals surface area contributed by atoms with Gasteiger partial charge >= 0.3 is 0 Å². The van der Waals surface area contributed by atoms with Gasteiger partial charge in [0.25, 0.3) is 0 Å². The summed E-state index contributed by atoms with van der Waals surface area (Å²) in [5.74, 6) is 0. The number of fused-ring (bicyclic) bond motifs is 1. The van der Waals surface area contributed by atoms with Crippen molar-refractivity contribution < 1.29 is 0 Å². The summed E-state index contributed by atoms with van der Waals surface area (Å²) < 4.78 is 0. The molecule has 0 fully saturated rings. The van der Waals surface area contributed by atoms with Crippen LogP contribution in [0.15, 0.2) is 103 Å². The minimum Gasteiger partial charge on any atom is -0.361 e. The van der Waals surface area contributed by atoms with E-state index in [0.717, 1.165) is 55.7 Å². The van der Waals surface area contributed by atoms with E-state index < -0.39 is 0 Å². The molecule has 4 nitrogen and oxygen atoms in total. The van der Waals surface area contributed by atoms with Crippen molar-refractivity contribution in [2.24, 2.45) is 0 Å². The Morgan fingerprint density at radius 3 is 2.38 bits per heavy atom. The van der Waals surface area contributed by atoms with Gasteiger partial charge in [-0.25, -0.2) is 0 Å². The quantitative estimate of drug-likeness (QED) is 0.157. The van der Waals surface area contributed by atoms with Crippen molar-refractivity contribution >= 4 is 22.3 Å². The van der Waals surface area contributed by atoms with Crippen LogP contribution in [0, 0.1) is 0 Å². The van der Waals surface area contributed by atoms with Crippen LogP contribution in [-0.4, -0.2) is 16.5 Å². The topological polar surface area (TPSA) is 52.7 Å². The normalized spacial score (nSPS) is 12.0. The molecule has 0 amide bonds. The fraction of sp³-hybridized carbons (Fsp3) is 0.242. The molecule has 0 radical (unpaired) electrons. The van der Waals surface area contributed by atoms with Crippen molar-refractivity contribution in [3.05, 3.63) is 126 Å². The zero-order valence-electron chi connectivity index (χ0n) is 21.6. The number of nitrogens with zero attached hydrogens (tertiary/aromatic N) is 1. The summed E-state index contributed by atoms with van der Waals surface area (Å²) in [6.45, 7) is 3.15. The predicted molar refractivity (Wildman–Crippen MR) is 155 cm³/mol. The lowest BCUT2D eigenvalue weighted by Crippen LogP contribution is -2.21. The third-order valence-electron chi connectivity index (χ3n) is 6.99. The van der Waals surface area contributed by atoms with Crippen LogP contribution in [-0.2, 0) is 19.3 Å². The molecule has 0 spiro atoms. The average Bonchev–Trinajstić information content (AvgIpc) is 3.36. The lowest BCUT2D eigenvalue weighted by atomic mass is 10.0. The van der Waals surface area contributed by atoms with Gasteiger partial charge in [-0.2, -0.15) is 0 Å². The van der Waals surface area contributed by atoms with Gasteiger partial charge in [0.2, 0.25) is 0 Å². The molecule has 5 aromatic rings. The molecular weight excluding hydrogens is 452 g/mol. The molecule has 4 heteroatoms. The monoisotopic (exact) mass is 488 g/mol. The highest BCUT2D eigenvalue weighted by molar-refractivity contribution is 5.83. The Bertz CT molecular complexity index is 1390. The Balaban J connectivity index is 1.08. The smallest absolute Gasteiger partial charge is 0.0590 e. The zero-order chi connectivity index (χ0) is 25.3. The first-order valence-corrected chi connectivity index (χ1v) is 13.4. The summed E-state index contributed by atoms with van der Waals surface area (Å²) in [6.07, 6.45) is 9.54. The Morgan fingerprint density at radius 2 is 1.51 bits per heavy atom. The van der Waals surface area contributed by atoms with E-state index in [1.54, 1.807) is 0 Å². The second kappa shape index (κ2) is 12.4. The molecular formula is C33H36N4. The second-order valence-electron chi connectivity index (χ2n) is 9.77. The van der Waals surface area contributed by atoms with Crippen molar-refractivity contribution in [3.63, 3.8) is 0 Å². The zero-order valence-corrected chi connectivity index (χ0v) is 21.6. The number of anilines is 2. The number of pyridine rings is 1. The summed E-state index contributed by atoms with van der Waals surface area (Å²) in [4.78, 5) is 7.98. The summed E-state index contributed by atoms with van der Waals surface area (Å²) in [5, 5.41) is 8.50. The van der Waals surface area contributed by atoms with Crippen molar-refractivity contribution in [3.8, 4) is 0 Å². The van der Waals surface area contributed by atoms with Crippen LogP contribution in [0.25, 0.3) is 10.9 Å². The Hall–Kier alpha value is -3.89. The van der Waals surface area contributed by atoms with Gasteiger partial charge in [-0.05, 0) is 92.6 Å². The number of rotatable bonds is 12. The number of aromatic amines is 1. The fourth-order valence-electron chi connectivity index (χ4n) is 4.87. The third kappa shape index (κ3) is 6.87. The molecule has 188 valence electrons. The molecule has 0 aliphatic rings. The highest BCUT2D eigenvalue weighted by Gasteiger charge is 2.08. The summed E-state index contributed by atoms with van der Waals surface area (Å²) >= 11 is 0. The number of para-hydroxylation sites is 1. The maximum atomic E-state index is 4.60. The molecule has 0 saturated carbocycles. The SMILES string of the molecule is CC(NCCCc1ccccc1)c1cc(Nc2ccc(CCCc3c[nH]c4ccccc34)cc2)ccn1. The lowest BCUT2D eigenvalue weighted by Gasteiger charge is -2.15. The van der Waals surface area contributed by atoms with Gasteiger partial charge in [-0.3, -0.25) is 4.98 Å². The van der Waals surface area contributed by atoms with Crippen LogP contribution in [0.5, 0.6) is 0 Å². The van der Waals surface area contributed by atoms with Gasteiger partial charge in [0.05, 0.1) is 5.69 Å². The van der Waals surface area contributed by atoms with Crippen molar-refractivity contribution in [1.29, 1.82) is 0 Å². The number of nitrogens with one attached hydrogen (secondary N) is 3. The van der Waals surface area contributed by atoms with Crippen molar-refractivity contribution in [1.82, 2.24) is 15.3 Å². The molecule has 3 N–H and O–H groups in total. The van der Waals surface area contributed by atoms with E-state index in [-0.39, 0.29) is 6.04 Å². The van der Waals surface area contributed by atoms with E-state index in [2.05, 4.69) is 119 Å². The van der Waals surface area contributed by atoms with E-state index in [0.29, 0.717) is 0 Å². The van der Waals surface area contributed by atoms with Gasteiger partial charge in [-0.15, -0.1) is 0 Å². The van der Waals surface area contributed by atoms with Crippen LogP contribution in [0.3, 0.4) is 0 Å². The minimum absolute atomic E-state index is 0.206. The third-order valence-corrected chi connectivity index (χ3v) is 6.99. The summed E-state index contributed by atoms with van der Waals surface area (Å²) in [7, 11) is 0. The fourth-order valence-corrected chi connectivity index (χ4v) is 4.87. The van der Waals surface area contributed by atoms with E-state index in [1.807, 2.05) is 12.3 Å². The van der Waals surface area contributed by atoms with E-state index in [1.165, 1.54) is 27.6 Å². The minimum atomic E-state index is 0.206. The molecule has 2 aromatic heterocycles. The van der Waals surface area contributed by atoms with Crippen LogP contribution >= 0.6 is 0 Å². The molecule has 1 unspecified atom stereocenters. The molecule has 37 heavy (non-hydrogen) atoms. The Morgan fingerprint density at radius 1 is 0.757 bits per heavy atom. The number of aryl methyl sites for hydroxylation is 3. The van der Waals surface area contributed by atoms with Gasteiger partial charge in [-0.1, -0.05) is 60.7 Å². The Kier molecular flexibility index (Phi) is 8.29. The number of hydrogen-bond acceptors (Lipinski definition) is 3. The summed E-state index contributed by atoms with van der Waals surface area (Å²) in [5.41, 5.74) is 8.60. The lowest BCUT2D eigenvalue weighted by molar-refractivity contribution is 0.547. The van der Waals surface area contributed by atoms with Gasteiger partial charge in [0, 0.05) is 40.7 Å². The first-order valence-electron chi connectivity index (χ1n) is 13.4. The number of H-pyrrole nitrogens is 1. The average molecular weight is 489 g/mol. The van der Waals surface area contributed by atoms with Gasteiger partial charge in [0.1, 0.15) is 0 Å². The molecule has 0 aliphatic carbocycles. The highest BCUT2D eigenvalue weighted by Crippen LogP contribution is 2.22. The number of benzene rings is 3. The predicted octanol–water partition coefficient (Wildman–Crippen LogP) is 7.77. The van der Waals surface area contributed by atoms with Crippen LogP contribution in [0.4, 0.5) is 11.4 Å².